The molecule has 0 radical (unpaired) electrons. The van der Waals surface area contributed by atoms with Crippen molar-refractivity contribution < 1.29 is 23.9 Å². The standard InChI is InChI=1S/C19H27N3O5/c1-12(2)17(21-18(25)14-9-7-6-8-13(14)3)19(26)27-11-16(24)22(5)10-15(23)20-4/h6-9,12,17H,10-11H2,1-5H3,(H,20,23)(H,21,25)/t17-/m0/s1. The van der Waals surface area contributed by atoms with Crippen LogP contribution in [0.1, 0.15) is 29.8 Å². The number of ether oxygens (including phenoxy) is 1. The van der Waals surface area contributed by atoms with E-state index in [-0.39, 0.29) is 24.3 Å². The monoisotopic (exact) mass is 377 g/mol. The topological polar surface area (TPSA) is 105 Å². The summed E-state index contributed by atoms with van der Waals surface area (Å²) >= 11 is 0. The number of hydrogen-bond acceptors (Lipinski definition) is 5. The van der Waals surface area contributed by atoms with Crippen LogP contribution in [0.25, 0.3) is 0 Å². The number of benzene rings is 1. The Bertz CT molecular complexity index is 702. The van der Waals surface area contributed by atoms with E-state index in [1.165, 1.54) is 14.1 Å². The molecule has 1 atom stereocenters. The highest BCUT2D eigenvalue weighted by molar-refractivity contribution is 5.98. The van der Waals surface area contributed by atoms with Crippen LogP contribution in [0, 0.1) is 12.8 Å². The van der Waals surface area contributed by atoms with Gasteiger partial charge in [0.2, 0.25) is 5.91 Å². The molecular formula is C19H27N3O5. The Kier molecular flexibility index (Phi) is 8.44. The lowest BCUT2D eigenvalue weighted by atomic mass is 10.0. The molecule has 27 heavy (non-hydrogen) atoms. The van der Waals surface area contributed by atoms with Crippen molar-refractivity contribution in [3.05, 3.63) is 35.4 Å². The molecule has 3 amide bonds. The van der Waals surface area contributed by atoms with E-state index in [0.29, 0.717) is 5.56 Å². The van der Waals surface area contributed by atoms with Gasteiger partial charge in [-0.2, -0.15) is 0 Å². The lowest BCUT2D eigenvalue weighted by Gasteiger charge is -2.22. The van der Waals surface area contributed by atoms with Crippen molar-refractivity contribution in [1.82, 2.24) is 15.5 Å². The molecule has 0 saturated heterocycles. The third-order valence-electron chi connectivity index (χ3n) is 4.02. The molecule has 1 rings (SSSR count). The molecule has 0 aliphatic carbocycles. The molecule has 0 bridgehead atoms. The van der Waals surface area contributed by atoms with Gasteiger partial charge >= 0.3 is 5.97 Å². The maximum atomic E-state index is 12.4. The van der Waals surface area contributed by atoms with Gasteiger partial charge in [-0.25, -0.2) is 4.79 Å². The van der Waals surface area contributed by atoms with Crippen molar-refractivity contribution in [1.29, 1.82) is 0 Å². The quantitative estimate of drug-likeness (QED) is 0.642. The van der Waals surface area contributed by atoms with Crippen molar-refractivity contribution in [3.8, 4) is 0 Å². The van der Waals surface area contributed by atoms with E-state index in [9.17, 15) is 19.2 Å². The zero-order chi connectivity index (χ0) is 20.6. The molecule has 1 aromatic carbocycles. The molecule has 0 saturated carbocycles. The molecular weight excluding hydrogens is 350 g/mol. The van der Waals surface area contributed by atoms with Gasteiger partial charge in [0, 0.05) is 19.7 Å². The van der Waals surface area contributed by atoms with Crippen molar-refractivity contribution in [2.24, 2.45) is 5.92 Å². The fourth-order valence-electron chi connectivity index (χ4n) is 2.26. The van der Waals surface area contributed by atoms with E-state index in [0.717, 1.165) is 10.5 Å². The second-order valence-corrected chi connectivity index (χ2v) is 6.54. The number of carbonyl (C=O) groups is 4. The first-order valence-corrected chi connectivity index (χ1v) is 8.65. The fraction of sp³-hybridized carbons (Fsp3) is 0.474. The SMILES string of the molecule is CNC(=O)CN(C)C(=O)COC(=O)[C@@H](NC(=O)c1ccccc1C)C(C)C. The Morgan fingerprint density at radius 1 is 1.15 bits per heavy atom. The van der Waals surface area contributed by atoms with E-state index in [1.54, 1.807) is 39.0 Å². The molecule has 148 valence electrons. The van der Waals surface area contributed by atoms with Crippen LogP contribution in [0.15, 0.2) is 24.3 Å². The maximum absolute atomic E-state index is 12.4. The Hall–Kier alpha value is -2.90. The minimum absolute atomic E-state index is 0.134. The molecule has 0 fully saturated rings. The Balaban J connectivity index is 2.68. The van der Waals surface area contributed by atoms with E-state index < -0.39 is 24.5 Å². The van der Waals surface area contributed by atoms with Crippen LogP contribution in [0.3, 0.4) is 0 Å². The highest BCUT2D eigenvalue weighted by Gasteiger charge is 2.27. The first-order valence-electron chi connectivity index (χ1n) is 8.65. The zero-order valence-electron chi connectivity index (χ0n) is 16.4. The molecule has 2 N–H and O–H groups in total. The average molecular weight is 377 g/mol. The Morgan fingerprint density at radius 3 is 2.33 bits per heavy atom. The summed E-state index contributed by atoms with van der Waals surface area (Å²) < 4.78 is 5.05. The number of likely N-dealkylation sites (N-methyl/N-ethyl adjacent to an activating group) is 2. The van der Waals surface area contributed by atoms with Gasteiger partial charge in [-0.3, -0.25) is 14.4 Å². The lowest BCUT2D eigenvalue weighted by Crippen LogP contribution is -2.46. The van der Waals surface area contributed by atoms with Gasteiger partial charge < -0.3 is 20.3 Å². The highest BCUT2D eigenvalue weighted by atomic mass is 16.5. The number of carbonyl (C=O) groups excluding carboxylic acids is 4. The van der Waals surface area contributed by atoms with Gasteiger partial charge in [0.05, 0.1) is 6.54 Å². The van der Waals surface area contributed by atoms with Gasteiger partial charge in [-0.05, 0) is 24.5 Å². The summed E-state index contributed by atoms with van der Waals surface area (Å²) in [7, 11) is 2.90. The largest absolute Gasteiger partial charge is 0.454 e. The van der Waals surface area contributed by atoms with Gasteiger partial charge in [-0.1, -0.05) is 32.0 Å². The van der Waals surface area contributed by atoms with Gasteiger partial charge in [-0.15, -0.1) is 0 Å². The average Bonchev–Trinajstić information content (AvgIpc) is 2.63. The Morgan fingerprint density at radius 2 is 1.78 bits per heavy atom. The molecule has 0 aliphatic rings. The number of hydrogen-bond donors (Lipinski definition) is 2. The van der Waals surface area contributed by atoms with Crippen LogP contribution in [0.5, 0.6) is 0 Å². The normalized spacial score (nSPS) is 11.5. The van der Waals surface area contributed by atoms with Crippen LogP contribution in [0.2, 0.25) is 0 Å². The minimum Gasteiger partial charge on any atom is -0.454 e. The third kappa shape index (κ3) is 6.73. The summed E-state index contributed by atoms with van der Waals surface area (Å²) in [6, 6.07) is 6.14. The molecule has 0 unspecified atom stereocenters. The summed E-state index contributed by atoms with van der Waals surface area (Å²) in [6.07, 6.45) is 0. The van der Waals surface area contributed by atoms with Crippen LogP contribution in [-0.2, 0) is 19.1 Å². The summed E-state index contributed by atoms with van der Waals surface area (Å²) in [4.78, 5) is 49.2. The Labute approximate surface area is 159 Å². The van der Waals surface area contributed by atoms with E-state index >= 15 is 0 Å². The summed E-state index contributed by atoms with van der Waals surface area (Å²) in [6.45, 7) is 4.70. The molecule has 0 spiro atoms. The zero-order valence-corrected chi connectivity index (χ0v) is 16.4. The maximum Gasteiger partial charge on any atom is 0.329 e. The highest BCUT2D eigenvalue weighted by Crippen LogP contribution is 2.10. The van der Waals surface area contributed by atoms with Crippen molar-refractivity contribution in [2.45, 2.75) is 26.8 Å². The van der Waals surface area contributed by atoms with Crippen molar-refractivity contribution in [3.63, 3.8) is 0 Å². The first-order chi connectivity index (χ1) is 12.7. The number of nitrogens with zero attached hydrogens (tertiary/aromatic N) is 1. The van der Waals surface area contributed by atoms with E-state index in [1.807, 2.05) is 6.07 Å². The molecule has 0 heterocycles. The summed E-state index contributed by atoms with van der Waals surface area (Å²) in [5.74, 6) is -2.16. The number of rotatable bonds is 8. The molecule has 1 aromatic rings. The van der Waals surface area contributed by atoms with Gasteiger partial charge in [0.1, 0.15) is 6.04 Å². The van der Waals surface area contributed by atoms with Crippen LogP contribution in [0.4, 0.5) is 0 Å². The molecule has 0 aliphatic heterocycles. The van der Waals surface area contributed by atoms with Crippen molar-refractivity contribution in [2.75, 3.05) is 27.2 Å². The number of esters is 1. The molecule has 0 aromatic heterocycles. The predicted octanol–water partition coefficient (Wildman–Crippen LogP) is 0.497. The minimum atomic E-state index is -0.894. The van der Waals surface area contributed by atoms with Gasteiger partial charge in [0.25, 0.3) is 11.8 Å². The fourth-order valence-corrected chi connectivity index (χ4v) is 2.26. The summed E-state index contributed by atoms with van der Waals surface area (Å²) in [5.41, 5.74) is 1.26. The first kappa shape index (κ1) is 22.1. The molecule has 8 nitrogen and oxygen atoms in total. The number of amides is 3. The second kappa shape index (κ2) is 10.3. The predicted molar refractivity (Wildman–Crippen MR) is 99.9 cm³/mol. The smallest absolute Gasteiger partial charge is 0.329 e. The van der Waals surface area contributed by atoms with E-state index in [4.69, 9.17) is 4.74 Å². The summed E-state index contributed by atoms with van der Waals surface area (Å²) in [5, 5.41) is 5.07. The molecule has 8 heteroatoms. The van der Waals surface area contributed by atoms with Crippen LogP contribution in [-0.4, -0.2) is 61.9 Å². The van der Waals surface area contributed by atoms with Crippen molar-refractivity contribution >= 4 is 23.7 Å². The lowest BCUT2D eigenvalue weighted by molar-refractivity contribution is -0.154. The van der Waals surface area contributed by atoms with Crippen LogP contribution >= 0.6 is 0 Å². The van der Waals surface area contributed by atoms with E-state index in [2.05, 4.69) is 10.6 Å². The third-order valence-corrected chi connectivity index (χ3v) is 4.02. The second-order valence-electron chi connectivity index (χ2n) is 6.54. The van der Waals surface area contributed by atoms with Gasteiger partial charge in [0.15, 0.2) is 6.61 Å². The number of aryl methyl sites for hydroxylation is 1. The number of nitrogens with one attached hydrogen (secondary N) is 2. The van der Waals surface area contributed by atoms with Crippen LogP contribution < -0.4 is 10.6 Å².